The van der Waals surface area contributed by atoms with E-state index in [1.807, 2.05) is 18.3 Å². The zero-order valence-electron chi connectivity index (χ0n) is 12.9. The van der Waals surface area contributed by atoms with Gasteiger partial charge in [0.25, 0.3) is 0 Å². The summed E-state index contributed by atoms with van der Waals surface area (Å²) in [6.45, 7) is 2.52. The summed E-state index contributed by atoms with van der Waals surface area (Å²) in [7, 11) is 2.11. The number of benzene rings is 1. The molecule has 1 aromatic heterocycles. The largest absolute Gasteiger partial charge is 0.494 e. The van der Waals surface area contributed by atoms with Crippen LogP contribution in [0.15, 0.2) is 42.9 Å². The van der Waals surface area contributed by atoms with Crippen LogP contribution >= 0.6 is 11.6 Å². The first-order chi connectivity index (χ1) is 10.8. The SMILES string of the molecule is CN(CCc1cnccn1)Cc1ccc(OCCCCl)cc1. The van der Waals surface area contributed by atoms with E-state index in [4.69, 9.17) is 16.3 Å². The standard InChI is InChI=1S/C17H22ClN3O/c1-21(11-7-16-13-19-9-10-20-16)14-15-3-5-17(6-4-15)22-12-2-8-18/h3-6,9-10,13H,2,7-8,11-12,14H2,1H3. The fourth-order valence-corrected chi connectivity index (χ4v) is 2.20. The molecule has 2 aromatic rings. The molecule has 0 saturated carbocycles. The molecular weight excluding hydrogens is 298 g/mol. The topological polar surface area (TPSA) is 38.2 Å². The molecule has 0 aliphatic carbocycles. The molecule has 22 heavy (non-hydrogen) atoms. The number of nitrogens with zero attached hydrogens (tertiary/aromatic N) is 3. The Hall–Kier alpha value is -1.65. The molecule has 0 unspecified atom stereocenters. The summed E-state index contributed by atoms with van der Waals surface area (Å²) < 4.78 is 5.60. The molecule has 0 aliphatic heterocycles. The quantitative estimate of drug-likeness (QED) is 0.525. The Bertz CT molecular complexity index is 533. The van der Waals surface area contributed by atoms with Crippen molar-refractivity contribution in [1.29, 1.82) is 0 Å². The predicted molar refractivity (Wildman–Crippen MR) is 89.3 cm³/mol. The first kappa shape index (κ1) is 16.7. The molecule has 0 bridgehead atoms. The minimum atomic E-state index is 0.634. The molecule has 1 heterocycles. The lowest BCUT2D eigenvalue weighted by molar-refractivity contribution is 0.316. The van der Waals surface area contributed by atoms with Gasteiger partial charge in [-0.05, 0) is 31.2 Å². The van der Waals surface area contributed by atoms with Crippen LogP contribution < -0.4 is 4.74 Å². The third-order valence-electron chi connectivity index (χ3n) is 3.29. The van der Waals surface area contributed by atoms with Crippen molar-refractivity contribution >= 4 is 11.6 Å². The number of hydrogen-bond donors (Lipinski definition) is 0. The van der Waals surface area contributed by atoms with Gasteiger partial charge in [0.2, 0.25) is 0 Å². The van der Waals surface area contributed by atoms with Gasteiger partial charge < -0.3 is 9.64 Å². The molecule has 0 N–H and O–H groups in total. The number of aromatic nitrogens is 2. The van der Waals surface area contributed by atoms with Gasteiger partial charge >= 0.3 is 0 Å². The summed E-state index contributed by atoms with van der Waals surface area (Å²) in [6, 6.07) is 8.24. The van der Waals surface area contributed by atoms with Crippen LogP contribution in [0, 0.1) is 0 Å². The van der Waals surface area contributed by atoms with E-state index in [1.165, 1.54) is 5.56 Å². The molecule has 1 aromatic carbocycles. The van der Waals surface area contributed by atoms with Crippen molar-refractivity contribution in [2.24, 2.45) is 0 Å². The molecule has 0 aliphatic rings. The van der Waals surface area contributed by atoms with E-state index in [1.54, 1.807) is 12.4 Å². The highest BCUT2D eigenvalue weighted by Crippen LogP contribution is 2.13. The van der Waals surface area contributed by atoms with E-state index < -0.39 is 0 Å². The number of halogens is 1. The van der Waals surface area contributed by atoms with E-state index in [-0.39, 0.29) is 0 Å². The lowest BCUT2D eigenvalue weighted by Crippen LogP contribution is -2.21. The van der Waals surface area contributed by atoms with E-state index in [0.717, 1.165) is 37.4 Å². The van der Waals surface area contributed by atoms with Crippen molar-refractivity contribution in [2.75, 3.05) is 26.1 Å². The number of ether oxygens (including phenoxy) is 1. The minimum absolute atomic E-state index is 0.634. The van der Waals surface area contributed by atoms with Crippen LogP contribution in [0.3, 0.4) is 0 Å². The van der Waals surface area contributed by atoms with Gasteiger partial charge in [-0.2, -0.15) is 0 Å². The van der Waals surface area contributed by atoms with E-state index >= 15 is 0 Å². The van der Waals surface area contributed by atoms with Crippen molar-refractivity contribution in [3.05, 3.63) is 54.1 Å². The maximum Gasteiger partial charge on any atom is 0.119 e. The number of likely N-dealkylation sites (N-methyl/N-ethyl adjacent to an activating group) is 1. The van der Waals surface area contributed by atoms with Gasteiger partial charge in [0.1, 0.15) is 5.75 Å². The van der Waals surface area contributed by atoms with Gasteiger partial charge in [0, 0.05) is 44.0 Å². The molecule has 0 spiro atoms. The van der Waals surface area contributed by atoms with Gasteiger partial charge in [-0.1, -0.05) is 12.1 Å². The fraction of sp³-hybridized carbons (Fsp3) is 0.412. The summed E-state index contributed by atoms with van der Waals surface area (Å²) in [6.07, 6.45) is 7.03. The predicted octanol–water partition coefficient (Wildman–Crippen LogP) is 3.16. The number of alkyl halides is 1. The van der Waals surface area contributed by atoms with Gasteiger partial charge in [-0.15, -0.1) is 11.6 Å². The van der Waals surface area contributed by atoms with E-state index in [9.17, 15) is 0 Å². The highest BCUT2D eigenvalue weighted by atomic mass is 35.5. The van der Waals surface area contributed by atoms with Crippen molar-refractivity contribution in [1.82, 2.24) is 14.9 Å². The average molecular weight is 320 g/mol. The summed E-state index contributed by atoms with van der Waals surface area (Å²) in [4.78, 5) is 10.6. The third kappa shape index (κ3) is 6.00. The van der Waals surface area contributed by atoms with Crippen molar-refractivity contribution in [2.45, 2.75) is 19.4 Å². The molecule has 0 atom stereocenters. The Labute approximate surface area is 137 Å². The monoisotopic (exact) mass is 319 g/mol. The Balaban J connectivity index is 1.75. The van der Waals surface area contributed by atoms with Crippen LogP contribution in [0.1, 0.15) is 17.7 Å². The lowest BCUT2D eigenvalue weighted by atomic mass is 10.2. The fourth-order valence-electron chi connectivity index (χ4n) is 2.09. The highest BCUT2D eigenvalue weighted by molar-refractivity contribution is 6.17. The Kier molecular flexibility index (Phi) is 7.13. The molecular formula is C17H22ClN3O. The van der Waals surface area contributed by atoms with Crippen LogP contribution in [0.5, 0.6) is 5.75 Å². The summed E-state index contributed by atoms with van der Waals surface area (Å²) in [5.74, 6) is 1.53. The molecule has 2 rings (SSSR count). The number of hydrogen-bond acceptors (Lipinski definition) is 4. The lowest BCUT2D eigenvalue weighted by Gasteiger charge is -2.16. The van der Waals surface area contributed by atoms with Crippen LogP contribution in [0.4, 0.5) is 0 Å². The molecule has 0 fully saturated rings. The van der Waals surface area contributed by atoms with Crippen LogP contribution in [-0.4, -0.2) is 40.9 Å². The Morgan fingerprint density at radius 1 is 1.18 bits per heavy atom. The normalized spacial score (nSPS) is 10.9. The van der Waals surface area contributed by atoms with Crippen molar-refractivity contribution in [3.8, 4) is 5.75 Å². The number of rotatable bonds is 9. The maximum atomic E-state index is 5.63. The molecule has 4 nitrogen and oxygen atoms in total. The van der Waals surface area contributed by atoms with E-state index in [2.05, 4.69) is 34.0 Å². The molecule has 0 saturated heterocycles. The minimum Gasteiger partial charge on any atom is -0.494 e. The third-order valence-corrected chi connectivity index (χ3v) is 3.56. The maximum absolute atomic E-state index is 5.63. The first-order valence-electron chi connectivity index (χ1n) is 7.49. The Morgan fingerprint density at radius 2 is 2.00 bits per heavy atom. The second kappa shape index (κ2) is 9.38. The Morgan fingerprint density at radius 3 is 2.68 bits per heavy atom. The molecule has 118 valence electrons. The van der Waals surface area contributed by atoms with Crippen molar-refractivity contribution in [3.63, 3.8) is 0 Å². The molecule has 0 radical (unpaired) electrons. The molecule has 0 amide bonds. The second-order valence-electron chi connectivity index (χ2n) is 5.22. The van der Waals surface area contributed by atoms with Gasteiger partial charge in [-0.25, -0.2) is 0 Å². The second-order valence-corrected chi connectivity index (χ2v) is 5.60. The van der Waals surface area contributed by atoms with Crippen LogP contribution in [-0.2, 0) is 13.0 Å². The zero-order chi connectivity index (χ0) is 15.6. The first-order valence-corrected chi connectivity index (χ1v) is 8.02. The smallest absolute Gasteiger partial charge is 0.119 e. The zero-order valence-corrected chi connectivity index (χ0v) is 13.7. The summed E-state index contributed by atoms with van der Waals surface area (Å²) in [5.41, 5.74) is 2.30. The van der Waals surface area contributed by atoms with Gasteiger partial charge in [0.15, 0.2) is 0 Å². The van der Waals surface area contributed by atoms with Crippen molar-refractivity contribution < 1.29 is 4.74 Å². The summed E-state index contributed by atoms with van der Waals surface area (Å²) >= 11 is 5.63. The summed E-state index contributed by atoms with van der Waals surface area (Å²) in [5, 5.41) is 0. The van der Waals surface area contributed by atoms with Gasteiger partial charge in [0.05, 0.1) is 12.3 Å². The highest BCUT2D eigenvalue weighted by Gasteiger charge is 2.03. The van der Waals surface area contributed by atoms with Gasteiger partial charge in [-0.3, -0.25) is 9.97 Å². The van der Waals surface area contributed by atoms with Crippen LogP contribution in [0.25, 0.3) is 0 Å². The van der Waals surface area contributed by atoms with E-state index in [0.29, 0.717) is 12.5 Å². The average Bonchev–Trinajstić information content (AvgIpc) is 2.56. The molecule has 5 heteroatoms. The van der Waals surface area contributed by atoms with Crippen LogP contribution in [0.2, 0.25) is 0 Å².